The summed E-state index contributed by atoms with van der Waals surface area (Å²) in [7, 11) is 0. The lowest BCUT2D eigenvalue weighted by Gasteiger charge is -2.11. The fraction of sp³-hybridized carbons (Fsp3) is 0.400. The summed E-state index contributed by atoms with van der Waals surface area (Å²) in [5.74, 6) is -0.0890. The van der Waals surface area contributed by atoms with Gasteiger partial charge in [-0.3, -0.25) is 9.59 Å². The van der Waals surface area contributed by atoms with Crippen LogP contribution in [0.3, 0.4) is 0 Å². The number of nitrogens with zero attached hydrogens (tertiary/aromatic N) is 1. The molecule has 0 bridgehead atoms. The van der Waals surface area contributed by atoms with Crippen molar-refractivity contribution in [2.75, 3.05) is 11.9 Å². The molecule has 5 nitrogen and oxygen atoms in total. The Kier molecular flexibility index (Phi) is 5.73. The number of hydrogen-bond acceptors (Lipinski definition) is 3. The van der Waals surface area contributed by atoms with Crippen molar-refractivity contribution in [2.24, 2.45) is 5.92 Å². The van der Waals surface area contributed by atoms with Crippen LogP contribution < -0.4 is 10.6 Å². The van der Waals surface area contributed by atoms with Crippen molar-refractivity contribution in [1.29, 1.82) is 5.26 Å². The molecule has 1 aromatic rings. The standard InChI is InChI=1S/C15H19N3O2/c1-10(2)9-17-15(20)12-4-5-13(11(3)8-12)18-14(19)6-7-16/h4-5,8,10H,6,9H2,1-3H3,(H,17,20)(H,18,19). The number of benzene rings is 1. The van der Waals surface area contributed by atoms with E-state index in [0.29, 0.717) is 23.7 Å². The van der Waals surface area contributed by atoms with E-state index in [1.807, 2.05) is 13.8 Å². The van der Waals surface area contributed by atoms with Crippen LogP contribution in [0.25, 0.3) is 0 Å². The average Bonchev–Trinajstić information content (AvgIpc) is 2.38. The molecule has 1 rings (SSSR count). The molecular formula is C15H19N3O2. The molecule has 0 radical (unpaired) electrons. The number of carbonyl (C=O) groups is 2. The Morgan fingerprint density at radius 3 is 2.60 bits per heavy atom. The van der Waals surface area contributed by atoms with E-state index < -0.39 is 0 Å². The van der Waals surface area contributed by atoms with Gasteiger partial charge in [0, 0.05) is 17.8 Å². The SMILES string of the molecule is Cc1cc(C(=O)NCC(C)C)ccc1NC(=O)CC#N. The predicted octanol–water partition coefficient (Wildman–Crippen LogP) is 2.23. The Hall–Kier alpha value is -2.35. The molecule has 5 heteroatoms. The second-order valence-corrected chi connectivity index (χ2v) is 5.02. The smallest absolute Gasteiger partial charge is 0.251 e. The van der Waals surface area contributed by atoms with Crippen molar-refractivity contribution in [3.8, 4) is 6.07 Å². The molecular weight excluding hydrogens is 254 g/mol. The third kappa shape index (κ3) is 4.73. The highest BCUT2D eigenvalue weighted by molar-refractivity contribution is 5.96. The number of hydrogen-bond donors (Lipinski definition) is 2. The van der Waals surface area contributed by atoms with E-state index in [9.17, 15) is 9.59 Å². The summed E-state index contributed by atoms with van der Waals surface area (Å²) in [6, 6.07) is 6.84. The van der Waals surface area contributed by atoms with Crippen LogP contribution in [-0.2, 0) is 4.79 Å². The molecule has 20 heavy (non-hydrogen) atoms. The lowest BCUT2D eigenvalue weighted by atomic mass is 10.1. The summed E-state index contributed by atoms with van der Waals surface area (Å²) in [4.78, 5) is 23.2. The molecule has 106 valence electrons. The molecule has 0 aliphatic carbocycles. The van der Waals surface area contributed by atoms with E-state index in [0.717, 1.165) is 5.56 Å². The minimum absolute atomic E-state index is 0.128. The van der Waals surface area contributed by atoms with E-state index >= 15 is 0 Å². The summed E-state index contributed by atoms with van der Waals surface area (Å²) in [5, 5.41) is 13.9. The second-order valence-electron chi connectivity index (χ2n) is 5.02. The van der Waals surface area contributed by atoms with Gasteiger partial charge in [0.25, 0.3) is 5.91 Å². The number of amides is 2. The topological polar surface area (TPSA) is 82.0 Å². The van der Waals surface area contributed by atoms with Crippen molar-refractivity contribution >= 4 is 17.5 Å². The number of carbonyl (C=O) groups excluding carboxylic acids is 2. The average molecular weight is 273 g/mol. The van der Waals surface area contributed by atoms with Crippen molar-refractivity contribution in [2.45, 2.75) is 27.2 Å². The molecule has 0 unspecified atom stereocenters. The van der Waals surface area contributed by atoms with Crippen LogP contribution in [-0.4, -0.2) is 18.4 Å². The van der Waals surface area contributed by atoms with Crippen LogP contribution in [0.2, 0.25) is 0 Å². The summed E-state index contributed by atoms with van der Waals surface area (Å²) in [6.45, 7) is 6.48. The second kappa shape index (κ2) is 7.29. The zero-order valence-corrected chi connectivity index (χ0v) is 12.0. The van der Waals surface area contributed by atoms with Crippen LogP contribution in [0.1, 0.15) is 36.2 Å². The van der Waals surface area contributed by atoms with E-state index in [1.165, 1.54) is 0 Å². The summed E-state index contributed by atoms with van der Waals surface area (Å²) in [5.41, 5.74) is 1.96. The first kappa shape index (κ1) is 15.7. The maximum absolute atomic E-state index is 11.9. The first-order valence-electron chi connectivity index (χ1n) is 6.49. The molecule has 0 heterocycles. The van der Waals surface area contributed by atoms with Gasteiger partial charge in [-0.25, -0.2) is 0 Å². The van der Waals surface area contributed by atoms with Gasteiger partial charge >= 0.3 is 0 Å². The molecule has 0 saturated carbocycles. The highest BCUT2D eigenvalue weighted by atomic mass is 16.2. The maximum Gasteiger partial charge on any atom is 0.251 e. The number of nitriles is 1. The zero-order chi connectivity index (χ0) is 15.1. The highest BCUT2D eigenvalue weighted by Crippen LogP contribution is 2.16. The molecule has 2 N–H and O–H groups in total. The van der Waals surface area contributed by atoms with E-state index in [1.54, 1.807) is 31.2 Å². The van der Waals surface area contributed by atoms with Crippen molar-refractivity contribution < 1.29 is 9.59 Å². The molecule has 0 fully saturated rings. The predicted molar refractivity (Wildman–Crippen MR) is 77.2 cm³/mol. The minimum Gasteiger partial charge on any atom is -0.352 e. The Labute approximate surface area is 119 Å². The lowest BCUT2D eigenvalue weighted by Crippen LogP contribution is -2.27. The number of aryl methyl sites for hydroxylation is 1. The minimum atomic E-state index is -0.354. The molecule has 1 aromatic carbocycles. The first-order valence-corrected chi connectivity index (χ1v) is 6.49. The first-order chi connectivity index (χ1) is 9.43. The van der Waals surface area contributed by atoms with Gasteiger partial charge in [0.05, 0.1) is 6.07 Å². The lowest BCUT2D eigenvalue weighted by molar-refractivity contribution is -0.115. The van der Waals surface area contributed by atoms with E-state index in [-0.39, 0.29) is 18.2 Å². The Morgan fingerprint density at radius 1 is 1.35 bits per heavy atom. The van der Waals surface area contributed by atoms with Gasteiger partial charge in [-0.1, -0.05) is 13.8 Å². The molecule has 0 saturated heterocycles. The maximum atomic E-state index is 11.9. The quantitative estimate of drug-likeness (QED) is 0.863. The number of nitrogens with one attached hydrogen (secondary N) is 2. The summed E-state index contributed by atoms with van der Waals surface area (Å²) >= 11 is 0. The largest absolute Gasteiger partial charge is 0.352 e. The van der Waals surface area contributed by atoms with Gasteiger partial charge < -0.3 is 10.6 Å². The molecule has 0 atom stereocenters. The normalized spacial score (nSPS) is 9.95. The summed E-state index contributed by atoms with van der Waals surface area (Å²) < 4.78 is 0. The van der Waals surface area contributed by atoms with E-state index in [2.05, 4.69) is 10.6 Å². The molecule has 0 spiro atoms. The molecule has 0 aromatic heterocycles. The summed E-state index contributed by atoms with van der Waals surface area (Å²) in [6.07, 6.45) is -0.184. The van der Waals surface area contributed by atoms with Crippen LogP contribution in [0.5, 0.6) is 0 Å². The van der Waals surface area contributed by atoms with E-state index in [4.69, 9.17) is 5.26 Å². The highest BCUT2D eigenvalue weighted by Gasteiger charge is 2.09. The van der Waals surface area contributed by atoms with Crippen molar-refractivity contribution in [3.05, 3.63) is 29.3 Å². The number of rotatable bonds is 5. The fourth-order valence-corrected chi connectivity index (χ4v) is 1.61. The molecule has 0 aliphatic rings. The van der Waals surface area contributed by atoms with Gasteiger partial charge in [0.1, 0.15) is 6.42 Å². The van der Waals surface area contributed by atoms with Crippen LogP contribution in [0.15, 0.2) is 18.2 Å². The van der Waals surface area contributed by atoms with Gasteiger partial charge in [-0.2, -0.15) is 5.26 Å². The monoisotopic (exact) mass is 273 g/mol. The number of anilines is 1. The van der Waals surface area contributed by atoms with Crippen LogP contribution in [0, 0.1) is 24.2 Å². The van der Waals surface area contributed by atoms with Crippen molar-refractivity contribution in [1.82, 2.24) is 5.32 Å². The van der Waals surface area contributed by atoms with Gasteiger partial charge in [0.15, 0.2) is 0 Å². The van der Waals surface area contributed by atoms with Crippen LogP contribution >= 0.6 is 0 Å². The molecule has 0 aliphatic heterocycles. The fourth-order valence-electron chi connectivity index (χ4n) is 1.61. The Bertz CT molecular complexity index is 545. The van der Waals surface area contributed by atoms with Crippen LogP contribution in [0.4, 0.5) is 5.69 Å². The van der Waals surface area contributed by atoms with Gasteiger partial charge in [-0.15, -0.1) is 0 Å². The third-order valence-corrected chi connectivity index (χ3v) is 2.67. The van der Waals surface area contributed by atoms with Gasteiger partial charge in [-0.05, 0) is 36.6 Å². The third-order valence-electron chi connectivity index (χ3n) is 2.67. The Morgan fingerprint density at radius 2 is 2.05 bits per heavy atom. The molecule has 2 amide bonds. The Balaban J connectivity index is 2.75. The van der Waals surface area contributed by atoms with Gasteiger partial charge in [0.2, 0.25) is 5.91 Å². The van der Waals surface area contributed by atoms with Crippen molar-refractivity contribution in [3.63, 3.8) is 0 Å². The zero-order valence-electron chi connectivity index (χ0n) is 12.0.